The number of rotatable bonds is 7. The molecule has 132 valence electrons. The molecule has 2 rings (SSSR count). The Hall–Kier alpha value is -2.15. The molecule has 1 aromatic rings. The Bertz CT molecular complexity index is 615. The highest BCUT2D eigenvalue weighted by Gasteiger charge is 2.36. The minimum absolute atomic E-state index is 0.129. The van der Waals surface area contributed by atoms with Crippen LogP contribution in [-0.4, -0.2) is 31.2 Å². The summed E-state index contributed by atoms with van der Waals surface area (Å²) in [6.07, 6.45) is -0.151. The van der Waals surface area contributed by atoms with Gasteiger partial charge in [-0.15, -0.1) is 0 Å². The molecule has 1 aromatic carbocycles. The number of carbonyl (C=O) groups excluding carboxylic acids is 2. The van der Waals surface area contributed by atoms with E-state index in [0.29, 0.717) is 5.56 Å². The van der Waals surface area contributed by atoms with E-state index in [2.05, 4.69) is 0 Å². The van der Waals surface area contributed by atoms with Crippen LogP contribution in [-0.2, 0) is 19.1 Å². The van der Waals surface area contributed by atoms with Crippen LogP contribution in [0, 0.1) is 11.7 Å². The van der Waals surface area contributed by atoms with Gasteiger partial charge in [0.2, 0.25) is 0 Å². The second kappa shape index (κ2) is 7.61. The van der Waals surface area contributed by atoms with Crippen molar-refractivity contribution in [1.29, 1.82) is 0 Å². The van der Waals surface area contributed by atoms with Crippen LogP contribution >= 0.6 is 0 Å². The topological polar surface area (TPSA) is 87.9 Å². The maximum atomic E-state index is 13.4. The SMILES string of the molecule is COc1cc(F)ccc1[C@@H](OC(=O)C1CC1)[C@H](C)OC(=O)[C@H](C)N. The van der Waals surface area contributed by atoms with Crippen molar-refractivity contribution >= 4 is 11.9 Å². The van der Waals surface area contributed by atoms with Gasteiger partial charge in [-0.3, -0.25) is 9.59 Å². The highest BCUT2D eigenvalue weighted by Crippen LogP contribution is 2.36. The van der Waals surface area contributed by atoms with Crippen molar-refractivity contribution in [2.75, 3.05) is 7.11 Å². The first kappa shape index (κ1) is 18.2. The van der Waals surface area contributed by atoms with E-state index in [9.17, 15) is 14.0 Å². The van der Waals surface area contributed by atoms with Gasteiger partial charge in [0, 0.05) is 11.6 Å². The van der Waals surface area contributed by atoms with Crippen molar-refractivity contribution in [2.24, 2.45) is 11.7 Å². The fraction of sp³-hybridized carbons (Fsp3) is 0.529. The van der Waals surface area contributed by atoms with E-state index in [-0.39, 0.29) is 17.6 Å². The van der Waals surface area contributed by atoms with Crippen LogP contribution in [0.25, 0.3) is 0 Å². The van der Waals surface area contributed by atoms with Crippen LogP contribution in [0.5, 0.6) is 5.75 Å². The van der Waals surface area contributed by atoms with Gasteiger partial charge in [0.1, 0.15) is 23.7 Å². The largest absolute Gasteiger partial charge is 0.496 e. The molecule has 1 saturated carbocycles. The Morgan fingerprint density at radius 2 is 1.92 bits per heavy atom. The van der Waals surface area contributed by atoms with Gasteiger partial charge in [-0.05, 0) is 38.8 Å². The predicted octanol–water partition coefficient (Wildman–Crippen LogP) is 2.11. The van der Waals surface area contributed by atoms with Crippen molar-refractivity contribution in [1.82, 2.24) is 0 Å². The molecule has 2 N–H and O–H groups in total. The Morgan fingerprint density at radius 3 is 2.46 bits per heavy atom. The molecular weight excluding hydrogens is 317 g/mol. The second-order valence-electron chi connectivity index (χ2n) is 5.95. The number of carbonyl (C=O) groups is 2. The lowest BCUT2D eigenvalue weighted by Crippen LogP contribution is -2.35. The molecule has 0 amide bonds. The maximum absolute atomic E-state index is 13.4. The van der Waals surface area contributed by atoms with Gasteiger partial charge < -0.3 is 19.9 Å². The standard InChI is InChI=1S/C17H22FNO5/c1-9(19)16(20)23-10(2)15(24-17(21)11-4-5-11)13-7-6-12(18)8-14(13)22-3/h6-11,15H,4-5,19H2,1-3H3/t9-,10-,15-/m0/s1. The van der Waals surface area contributed by atoms with Gasteiger partial charge >= 0.3 is 11.9 Å². The van der Waals surface area contributed by atoms with Crippen LogP contribution in [0.4, 0.5) is 4.39 Å². The molecule has 0 spiro atoms. The molecule has 0 bridgehead atoms. The lowest BCUT2D eigenvalue weighted by molar-refractivity contribution is -0.169. The van der Waals surface area contributed by atoms with Crippen LogP contribution < -0.4 is 10.5 Å². The zero-order chi connectivity index (χ0) is 17.9. The van der Waals surface area contributed by atoms with E-state index in [1.54, 1.807) is 6.92 Å². The van der Waals surface area contributed by atoms with Crippen LogP contribution in [0.3, 0.4) is 0 Å². The fourth-order valence-electron chi connectivity index (χ4n) is 2.22. The molecule has 1 aliphatic carbocycles. The molecule has 0 radical (unpaired) electrons. The number of benzene rings is 1. The number of halogens is 1. The maximum Gasteiger partial charge on any atom is 0.323 e. The third-order valence-corrected chi connectivity index (χ3v) is 3.76. The zero-order valence-electron chi connectivity index (χ0n) is 14.0. The molecular formula is C17H22FNO5. The number of hydrogen-bond donors (Lipinski definition) is 1. The monoisotopic (exact) mass is 339 g/mol. The summed E-state index contributed by atoms with van der Waals surface area (Å²) in [5, 5.41) is 0. The summed E-state index contributed by atoms with van der Waals surface area (Å²) >= 11 is 0. The number of hydrogen-bond acceptors (Lipinski definition) is 6. The molecule has 0 aromatic heterocycles. The smallest absolute Gasteiger partial charge is 0.323 e. The van der Waals surface area contributed by atoms with Crippen molar-refractivity contribution < 1.29 is 28.2 Å². The lowest BCUT2D eigenvalue weighted by atomic mass is 10.0. The average Bonchev–Trinajstić information content (AvgIpc) is 3.37. The van der Waals surface area contributed by atoms with Crippen molar-refractivity contribution in [3.63, 3.8) is 0 Å². The molecule has 24 heavy (non-hydrogen) atoms. The third-order valence-electron chi connectivity index (χ3n) is 3.76. The lowest BCUT2D eigenvalue weighted by Gasteiger charge is -2.26. The Balaban J connectivity index is 2.27. The minimum atomic E-state index is -0.906. The first-order valence-corrected chi connectivity index (χ1v) is 7.83. The quantitative estimate of drug-likeness (QED) is 0.766. The van der Waals surface area contributed by atoms with Gasteiger partial charge in [-0.25, -0.2) is 4.39 Å². The second-order valence-corrected chi connectivity index (χ2v) is 5.95. The van der Waals surface area contributed by atoms with Crippen molar-refractivity contribution in [2.45, 2.75) is 44.9 Å². The summed E-state index contributed by atoms with van der Waals surface area (Å²) < 4.78 is 29.4. The molecule has 0 heterocycles. The summed E-state index contributed by atoms with van der Waals surface area (Å²) in [5.41, 5.74) is 5.93. The number of nitrogens with two attached hydrogens (primary N) is 1. The van der Waals surface area contributed by atoms with E-state index in [1.165, 1.54) is 32.2 Å². The van der Waals surface area contributed by atoms with Crippen LogP contribution in [0.1, 0.15) is 38.4 Å². The molecule has 0 saturated heterocycles. The zero-order valence-corrected chi connectivity index (χ0v) is 14.0. The summed E-state index contributed by atoms with van der Waals surface area (Å²) in [6, 6.07) is 3.07. The average molecular weight is 339 g/mol. The van der Waals surface area contributed by atoms with Crippen molar-refractivity contribution in [3.8, 4) is 5.75 Å². The number of ether oxygens (including phenoxy) is 3. The molecule has 3 atom stereocenters. The Kier molecular flexibility index (Phi) is 5.77. The predicted molar refractivity (Wildman–Crippen MR) is 83.7 cm³/mol. The summed E-state index contributed by atoms with van der Waals surface area (Å²) in [6.45, 7) is 3.09. The molecule has 7 heteroatoms. The third kappa shape index (κ3) is 4.44. The normalized spacial score (nSPS) is 17.5. The number of esters is 2. The van der Waals surface area contributed by atoms with E-state index in [4.69, 9.17) is 19.9 Å². The van der Waals surface area contributed by atoms with Gasteiger partial charge in [-0.1, -0.05) is 0 Å². The van der Waals surface area contributed by atoms with Gasteiger partial charge in [0.05, 0.1) is 13.0 Å². The molecule has 1 fully saturated rings. The first-order valence-electron chi connectivity index (χ1n) is 7.83. The Labute approximate surface area is 140 Å². The van der Waals surface area contributed by atoms with Crippen molar-refractivity contribution in [3.05, 3.63) is 29.6 Å². The van der Waals surface area contributed by atoms with E-state index < -0.39 is 30.0 Å². The summed E-state index contributed by atoms with van der Waals surface area (Å²) in [7, 11) is 1.39. The molecule has 0 unspecified atom stereocenters. The molecule has 6 nitrogen and oxygen atoms in total. The minimum Gasteiger partial charge on any atom is -0.496 e. The Morgan fingerprint density at radius 1 is 1.25 bits per heavy atom. The van der Waals surface area contributed by atoms with Gasteiger partial charge in [0.15, 0.2) is 6.10 Å². The summed E-state index contributed by atoms with van der Waals surface area (Å²) in [5.74, 6) is -1.38. The summed E-state index contributed by atoms with van der Waals surface area (Å²) in [4.78, 5) is 23.8. The van der Waals surface area contributed by atoms with E-state index in [1.807, 2.05) is 0 Å². The van der Waals surface area contributed by atoms with E-state index >= 15 is 0 Å². The highest BCUT2D eigenvalue weighted by atomic mass is 19.1. The fourth-order valence-corrected chi connectivity index (χ4v) is 2.22. The molecule has 0 aliphatic heterocycles. The van der Waals surface area contributed by atoms with Crippen LogP contribution in [0.2, 0.25) is 0 Å². The van der Waals surface area contributed by atoms with E-state index in [0.717, 1.165) is 12.8 Å². The molecule has 1 aliphatic rings. The first-order chi connectivity index (χ1) is 11.3. The van der Waals surface area contributed by atoms with Gasteiger partial charge in [-0.2, -0.15) is 0 Å². The number of methoxy groups -OCH3 is 1. The van der Waals surface area contributed by atoms with Crippen LogP contribution in [0.15, 0.2) is 18.2 Å². The van der Waals surface area contributed by atoms with Gasteiger partial charge in [0.25, 0.3) is 0 Å². The highest BCUT2D eigenvalue weighted by molar-refractivity contribution is 5.76.